The SMILES string of the molecule is CSc1ccc(CNC(Cc2cccc(C#N)c2)(c2cccnc2)c2cccnc2)cc1. The lowest BCUT2D eigenvalue weighted by Crippen LogP contribution is -2.45. The maximum atomic E-state index is 9.40. The molecule has 158 valence electrons. The molecule has 0 fully saturated rings. The third-order valence-electron chi connectivity index (χ3n) is 5.59. The molecule has 2 heterocycles. The average molecular weight is 437 g/mol. The van der Waals surface area contributed by atoms with Gasteiger partial charge in [0, 0.05) is 36.2 Å². The van der Waals surface area contributed by atoms with Crippen LogP contribution in [0.2, 0.25) is 0 Å². The van der Waals surface area contributed by atoms with Gasteiger partial charge in [0.1, 0.15) is 0 Å². The van der Waals surface area contributed by atoms with Gasteiger partial charge < -0.3 is 0 Å². The normalized spacial score (nSPS) is 11.1. The molecule has 4 nitrogen and oxygen atoms in total. The zero-order valence-corrected chi connectivity index (χ0v) is 18.7. The summed E-state index contributed by atoms with van der Waals surface area (Å²) in [6, 6.07) is 26.8. The van der Waals surface area contributed by atoms with Crippen LogP contribution in [0.15, 0.2) is 102 Å². The molecule has 0 spiro atoms. The topological polar surface area (TPSA) is 61.6 Å². The molecule has 0 aliphatic heterocycles. The highest BCUT2D eigenvalue weighted by Gasteiger charge is 2.35. The van der Waals surface area contributed by atoms with E-state index in [0.29, 0.717) is 18.5 Å². The van der Waals surface area contributed by atoms with Gasteiger partial charge in [-0.05, 0) is 71.3 Å². The number of pyridine rings is 2. The van der Waals surface area contributed by atoms with Crippen LogP contribution in [0, 0.1) is 11.3 Å². The Balaban J connectivity index is 1.79. The minimum atomic E-state index is -0.561. The lowest BCUT2D eigenvalue weighted by molar-refractivity contribution is 0.392. The average Bonchev–Trinajstić information content (AvgIpc) is 2.88. The molecule has 0 saturated heterocycles. The van der Waals surface area contributed by atoms with Crippen LogP contribution < -0.4 is 5.32 Å². The number of aromatic nitrogens is 2. The van der Waals surface area contributed by atoms with E-state index < -0.39 is 5.54 Å². The molecule has 4 rings (SSSR count). The summed E-state index contributed by atoms with van der Waals surface area (Å²) in [4.78, 5) is 10.1. The van der Waals surface area contributed by atoms with Crippen molar-refractivity contribution in [1.82, 2.24) is 15.3 Å². The van der Waals surface area contributed by atoms with Crippen LogP contribution in [0.25, 0.3) is 0 Å². The monoisotopic (exact) mass is 436 g/mol. The molecular weight excluding hydrogens is 412 g/mol. The largest absolute Gasteiger partial charge is 0.299 e. The summed E-state index contributed by atoms with van der Waals surface area (Å²) < 4.78 is 0. The van der Waals surface area contributed by atoms with Gasteiger partial charge in [-0.2, -0.15) is 5.26 Å². The Morgan fingerprint density at radius 2 is 1.56 bits per heavy atom. The number of benzene rings is 2. The van der Waals surface area contributed by atoms with E-state index in [1.54, 1.807) is 24.2 Å². The molecule has 0 amide bonds. The second-order valence-electron chi connectivity index (χ2n) is 7.58. The lowest BCUT2D eigenvalue weighted by atomic mass is 9.79. The summed E-state index contributed by atoms with van der Waals surface area (Å²) in [6.07, 6.45) is 10.1. The van der Waals surface area contributed by atoms with Crippen LogP contribution >= 0.6 is 11.8 Å². The quantitative estimate of drug-likeness (QED) is 0.378. The van der Waals surface area contributed by atoms with Gasteiger partial charge in [0.15, 0.2) is 0 Å². The molecule has 1 N–H and O–H groups in total. The van der Waals surface area contributed by atoms with Crippen LogP contribution in [0.4, 0.5) is 0 Å². The third kappa shape index (κ3) is 4.88. The fraction of sp³-hybridized carbons (Fsp3) is 0.148. The van der Waals surface area contributed by atoms with Gasteiger partial charge in [0.25, 0.3) is 0 Å². The third-order valence-corrected chi connectivity index (χ3v) is 6.33. The van der Waals surface area contributed by atoms with Gasteiger partial charge in [-0.1, -0.05) is 36.4 Å². The van der Waals surface area contributed by atoms with E-state index in [4.69, 9.17) is 0 Å². The van der Waals surface area contributed by atoms with Gasteiger partial charge in [-0.15, -0.1) is 11.8 Å². The van der Waals surface area contributed by atoms with Gasteiger partial charge in [0.2, 0.25) is 0 Å². The van der Waals surface area contributed by atoms with E-state index in [9.17, 15) is 5.26 Å². The first-order valence-corrected chi connectivity index (χ1v) is 11.6. The van der Waals surface area contributed by atoms with E-state index in [1.165, 1.54) is 10.5 Å². The van der Waals surface area contributed by atoms with Crippen molar-refractivity contribution in [2.45, 2.75) is 23.4 Å². The molecule has 0 bridgehead atoms. The van der Waals surface area contributed by atoms with Crippen molar-refractivity contribution in [1.29, 1.82) is 5.26 Å². The summed E-state index contributed by atoms with van der Waals surface area (Å²) >= 11 is 1.74. The number of hydrogen-bond acceptors (Lipinski definition) is 5. The lowest BCUT2D eigenvalue weighted by Gasteiger charge is -2.36. The highest BCUT2D eigenvalue weighted by Crippen LogP contribution is 2.33. The second kappa shape index (κ2) is 10.2. The Morgan fingerprint density at radius 1 is 0.875 bits per heavy atom. The van der Waals surface area contributed by atoms with Crippen molar-refractivity contribution in [2.24, 2.45) is 0 Å². The van der Waals surface area contributed by atoms with Crippen LogP contribution in [0.1, 0.15) is 27.8 Å². The van der Waals surface area contributed by atoms with Crippen LogP contribution in [-0.2, 0) is 18.5 Å². The maximum Gasteiger partial charge on any atom is 0.0991 e. The molecule has 0 radical (unpaired) electrons. The van der Waals surface area contributed by atoms with Gasteiger partial charge >= 0.3 is 0 Å². The molecule has 0 unspecified atom stereocenters. The predicted octanol–water partition coefficient (Wildman–Crippen LogP) is 5.35. The minimum absolute atomic E-state index is 0.561. The van der Waals surface area contributed by atoms with Gasteiger partial charge in [0.05, 0.1) is 17.2 Å². The smallest absolute Gasteiger partial charge is 0.0991 e. The van der Waals surface area contributed by atoms with Crippen LogP contribution in [0.3, 0.4) is 0 Å². The fourth-order valence-corrected chi connectivity index (χ4v) is 4.33. The second-order valence-corrected chi connectivity index (χ2v) is 8.46. The molecule has 2 aromatic carbocycles. The summed E-state index contributed by atoms with van der Waals surface area (Å²) in [5.41, 5.74) is 4.47. The number of nitrogens with zero attached hydrogens (tertiary/aromatic N) is 3. The minimum Gasteiger partial charge on any atom is -0.299 e. The summed E-state index contributed by atoms with van der Waals surface area (Å²) in [6.45, 7) is 0.677. The molecule has 5 heteroatoms. The first-order chi connectivity index (χ1) is 15.7. The number of hydrogen-bond donors (Lipinski definition) is 1. The molecule has 32 heavy (non-hydrogen) atoms. The molecular formula is C27H24N4S. The molecule has 2 aromatic heterocycles. The highest BCUT2D eigenvalue weighted by molar-refractivity contribution is 7.98. The molecule has 4 aromatic rings. The summed E-state index contributed by atoms with van der Waals surface area (Å²) in [5.74, 6) is 0. The first-order valence-electron chi connectivity index (χ1n) is 10.4. The Bertz CT molecular complexity index is 1150. The standard InChI is InChI=1S/C27H24N4S/c1-32-26-11-9-21(10-12-26)18-31-27(24-7-3-13-29-19-24,25-8-4-14-30-20-25)16-22-5-2-6-23(15-22)17-28/h2-15,19-20,31H,16,18H2,1H3. The van der Waals surface area contributed by atoms with E-state index in [0.717, 1.165) is 16.7 Å². The fourth-order valence-electron chi connectivity index (χ4n) is 3.92. The number of thioether (sulfide) groups is 1. The molecule has 0 aliphatic carbocycles. The first kappa shape index (κ1) is 21.8. The van der Waals surface area contributed by atoms with Crippen molar-refractivity contribution in [3.8, 4) is 6.07 Å². The van der Waals surface area contributed by atoms with Crippen molar-refractivity contribution in [3.63, 3.8) is 0 Å². The van der Waals surface area contributed by atoms with Gasteiger partial charge in [-0.3, -0.25) is 15.3 Å². The summed E-state index contributed by atoms with van der Waals surface area (Å²) in [5, 5.41) is 13.2. The summed E-state index contributed by atoms with van der Waals surface area (Å²) in [7, 11) is 0. The van der Waals surface area contributed by atoms with E-state index in [1.807, 2.05) is 42.7 Å². The van der Waals surface area contributed by atoms with Crippen molar-refractivity contribution in [3.05, 3.63) is 125 Å². The van der Waals surface area contributed by atoms with E-state index in [2.05, 4.69) is 70.1 Å². The Labute approximate surface area is 193 Å². The van der Waals surface area contributed by atoms with Crippen molar-refractivity contribution >= 4 is 11.8 Å². The maximum absolute atomic E-state index is 9.40. The Morgan fingerprint density at radius 3 is 2.12 bits per heavy atom. The number of nitrogens with one attached hydrogen (secondary N) is 1. The van der Waals surface area contributed by atoms with Crippen LogP contribution in [-0.4, -0.2) is 16.2 Å². The molecule has 0 saturated carbocycles. The van der Waals surface area contributed by atoms with E-state index in [-0.39, 0.29) is 0 Å². The molecule has 0 atom stereocenters. The van der Waals surface area contributed by atoms with Crippen molar-refractivity contribution < 1.29 is 0 Å². The molecule has 0 aliphatic rings. The Hall–Kier alpha value is -3.46. The highest BCUT2D eigenvalue weighted by atomic mass is 32.2. The van der Waals surface area contributed by atoms with Crippen LogP contribution in [0.5, 0.6) is 0 Å². The van der Waals surface area contributed by atoms with E-state index >= 15 is 0 Å². The number of rotatable bonds is 8. The Kier molecular flexibility index (Phi) is 6.96. The number of nitriles is 1. The zero-order valence-electron chi connectivity index (χ0n) is 17.9. The van der Waals surface area contributed by atoms with Crippen molar-refractivity contribution in [2.75, 3.05) is 6.26 Å². The zero-order chi connectivity index (χ0) is 22.2. The van der Waals surface area contributed by atoms with Gasteiger partial charge in [-0.25, -0.2) is 0 Å². The predicted molar refractivity (Wildman–Crippen MR) is 129 cm³/mol.